The summed E-state index contributed by atoms with van der Waals surface area (Å²) in [5, 5.41) is 5.62. The Morgan fingerprint density at radius 3 is 2.59 bits per heavy atom. The van der Waals surface area contributed by atoms with E-state index >= 15 is 0 Å². The van der Waals surface area contributed by atoms with E-state index in [4.69, 9.17) is 4.42 Å². The van der Waals surface area contributed by atoms with Gasteiger partial charge >= 0.3 is 0 Å². The molecule has 2 aromatic rings. The van der Waals surface area contributed by atoms with Gasteiger partial charge in [0.2, 0.25) is 11.8 Å². The second-order valence-electron chi connectivity index (χ2n) is 7.10. The van der Waals surface area contributed by atoms with Crippen molar-refractivity contribution in [2.45, 2.75) is 32.1 Å². The lowest BCUT2D eigenvalue weighted by molar-refractivity contribution is -0.129. The number of carbonyl (C=O) groups excluding carboxylic acids is 3. The van der Waals surface area contributed by atoms with Crippen molar-refractivity contribution in [2.75, 3.05) is 5.32 Å². The molecule has 0 fully saturated rings. The van der Waals surface area contributed by atoms with Crippen LogP contribution in [0.4, 0.5) is 5.69 Å². The highest BCUT2D eigenvalue weighted by molar-refractivity contribution is 6.09. The molecule has 0 saturated carbocycles. The lowest BCUT2D eigenvalue weighted by Gasteiger charge is -2.32. The van der Waals surface area contributed by atoms with Crippen LogP contribution in [0.15, 0.2) is 58.3 Å². The largest absolute Gasteiger partial charge is 0.469 e. The number of ketones is 1. The molecule has 1 aliphatic carbocycles. The highest BCUT2D eigenvalue weighted by Crippen LogP contribution is 2.39. The first-order valence-corrected chi connectivity index (χ1v) is 8.98. The number of aryl methyl sites for hydroxylation is 1. The Morgan fingerprint density at radius 2 is 1.89 bits per heavy atom. The number of amides is 2. The number of allylic oxidation sites excluding steroid dienone is 1. The molecule has 2 heterocycles. The topological polar surface area (TPSA) is 88.4 Å². The summed E-state index contributed by atoms with van der Waals surface area (Å²) in [4.78, 5) is 37.8. The third-order valence-electron chi connectivity index (χ3n) is 5.12. The van der Waals surface area contributed by atoms with Gasteiger partial charge in [0, 0.05) is 35.7 Å². The molecule has 2 atom stereocenters. The first-order chi connectivity index (χ1) is 13.0. The van der Waals surface area contributed by atoms with Gasteiger partial charge in [0.05, 0.1) is 12.2 Å². The molecular formula is C21H20N2O4. The lowest BCUT2D eigenvalue weighted by atomic mass is 9.76. The maximum absolute atomic E-state index is 12.8. The highest BCUT2D eigenvalue weighted by Gasteiger charge is 2.41. The maximum atomic E-state index is 12.8. The number of benzene rings is 1. The number of Topliss-reactive ketones (excluding diaryl/α,β-unsaturated/α-hetero) is 1. The number of nitrogens with one attached hydrogen (secondary N) is 2. The standard InChI is InChI=1S/C21H20N2O4/c1-12-4-6-14(7-5-12)22-21(26)15-11-19(25)23-16-9-13(10-17(24)20(15)16)18-3-2-8-27-18/h2-8,13,15H,9-11H2,1H3,(H,22,26)(H,23,25)/t13-,15-/m1/s1. The fourth-order valence-corrected chi connectivity index (χ4v) is 3.78. The minimum absolute atomic E-state index is 0.0202. The van der Waals surface area contributed by atoms with Crippen LogP contribution in [0.1, 0.15) is 36.5 Å². The fraction of sp³-hybridized carbons (Fsp3) is 0.286. The normalized spacial score (nSPS) is 22.3. The van der Waals surface area contributed by atoms with Gasteiger partial charge in [0.1, 0.15) is 5.76 Å². The molecule has 0 radical (unpaired) electrons. The molecule has 2 aliphatic rings. The Labute approximate surface area is 156 Å². The summed E-state index contributed by atoms with van der Waals surface area (Å²) in [7, 11) is 0. The van der Waals surface area contributed by atoms with Gasteiger partial charge in [-0.05, 0) is 37.6 Å². The van der Waals surface area contributed by atoms with Crippen LogP contribution in [0.5, 0.6) is 0 Å². The molecule has 1 aliphatic heterocycles. The molecule has 138 valence electrons. The van der Waals surface area contributed by atoms with Gasteiger partial charge in [0.15, 0.2) is 5.78 Å². The molecule has 4 rings (SSSR count). The number of carbonyl (C=O) groups is 3. The van der Waals surface area contributed by atoms with E-state index in [-0.39, 0.29) is 36.4 Å². The van der Waals surface area contributed by atoms with Crippen molar-refractivity contribution in [1.82, 2.24) is 5.32 Å². The SMILES string of the molecule is Cc1ccc(NC(=O)[C@@H]2CC(=O)NC3=C2C(=O)C[C@H](c2ccco2)C3)cc1. The third-order valence-corrected chi connectivity index (χ3v) is 5.12. The van der Waals surface area contributed by atoms with E-state index in [1.54, 1.807) is 24.5 Å². The van der Waals surface area contributed by atoms with Crippen LogP contribution in [0.2, 0.25) is 0 Å². The minimum atomic E-state index is -0.764. The van der Waals surface area contributed by atoms with Crippen LogP contribution in [-0.2, 0) is 14.4 Å². The Kier molecular flexibility index (Phi) is 4.39. The molecular weight excluding hydrogens is 344 g/mol. The van der Waals surface area contributed by atoms with Gasteiger partial charge in [-0.1, -0.05) is 17.7 Å². The van der Waals surface area contributed by atoms with Crippen molar-refractivity contribution >= 4 is 23.3 Å². The monoisotopic (exact) mass is 364 g/mol. The van der Waals surface area contributed by atoms with E-state index in [2.05, 4.69) is 10.6 Å². The number of furan rings is 1. The molecule has 0 bridgehead atoms. The highest BCUT2D eigenvalue weighted by atomic mass is 16.3. The van der Waals surface area contributed by atoms with Crippen molar-refractivity contribution < 1.29 is 18.8 Å². The minimum Gasteiger partial charge on any atom is -0.469 e. The Balaban J connectivity index is 1.60. The average Bonchev–Trinajstić information content (AvgIpc) is 3.17. The summed E-state index contributed by atoms with van der Waals surface area (Å²) < 4.78 is 5.42. The van der Waals surface area contributed by atoms with Crippen molar-refractivity contribution in [3.63, 3.8) is 0 Å². The number of rotatable bonds is 3. The predicted molar refractivity (Wildman–Crippen MR) is 98.8 cm³/mol. The van der Waals surface area contributed by atoms with Crippen LogP contribution >= 0.6 is 0 Å². The van der Waals surface area contributed by atoms with Crippen molar-refractivity contribution in [3.05, 3.63) is 65.3 Å². The van der Waals surface area contributed by atoms with Gasteiger partial charge in [0.25, 0.3) is 0 Å². The zero-order valence-corrected chi connectivity index (χ0v) is 15.0. The van der Waals surface area contributed by atoms with E-state index in [1.807, 2.05) is 25.1 Å². The third kappa shape index (κ3) is 3.43. The lowest BCUT2D eigenvalue weighted by Crippen LogP contribution is -2.43. The maximum Gasteiger partial charge on any atom is 0.232 e. The van der Waals surface area contributed by atoms with Crippen LogP contribution < -0.4 is 10.6 Å². The number of hydrogen-bond donors (Lipinski definition) is 2. The molecule has 1 aromatic carbocycles. The second kappa shape index (κ2) is 6.87. The summed E-state index contributed by atoms with van der Waals surface area (Å²) in [6.07, 6.45) is 2.31. The summed E-state index contributed by atoms with van der Waals surface area (Å²) in [6.45, 7) is 1.96. The molecule has 0 saturated heterocycles. The molecule has 27 heavy (non-hydrogen) atoms. The van der Waals surface area contributed by atoms with Crippen LogP contribution in [0.25, 0.3) is 0 Å². The Morgan fingerprint density at radius 1 is 1.11 bits per heavy atom. The van der Waals surface area contributed by atoms with E-state index in [0.717, 1.165) is 11.3 Å². The molecule has 1 aromatic heterocycles. The molecule has 0 unspecified atom stereocenters. The van der Waals surface area contributed by atoms with Gasteiger partial charge in [-0.25, -0.2) is 0 Å². The summed E-state index contributed by atoms with van der Waals surface area (Å²) in [5.41, 5.74) is 2.71. The van der Waals surface area contributed by atoms with Crippen molar-refractivity contribution in [1.29, 1.82) is 0 Å². The smallest absolute Gasteiger partial charge is 0.232 e. The zero-order chi connectivity index (χ0) is 19.0. The molecule has 6 heteroatoms. The van der Waals surface area contributed by atoms with E-state index < -0.39 is 5.92 Å². The Hall–Kier alpha value is -3.15. The first-order valence-electron chi connectivity index (χ1n) is 8.98. The number of hydrogen-bond acceptors (Lipinski definition) is 4. The predicted octanol–water partition coefficient (Wildman–Crippen LogP) is 3.06. The number of anilines is 1. The van der Waals surface area contributed by atoms with Gasteiger partial charge in [-0.15, -0.1) is 0 Å². The molecule has 6 nitrogen and oxygen atoms in total. The van der Waals surface area contributed by atoms with E-state index in [9.17, 15) is 14.4 Å². The molecule has 0 spiro atoms. The summed E-state index contributed by atoms with van der Waals surface area (Å²) in [6, 6.07) is 11.0. The van der Waals surface area contributed by atoms with Gasteiger partial charge in [-0.3, -0.25) is 14.4 Å². The Bertz CT molecular complexity index is 926. The van der Waals surface area contributed by atoms with E-state index in [1.165, 1.54) is 0 Å². The fourth-order valence-electron chi connectivity index (χ4n) is 3.78. The quantitative estimate of drug-likeness (QED) is 0.876. The van der Waals surface area contributed by atoms with Gasteiger partial charge in [-0.2, -0.15) is 0 Å². The summed E-state index contributed by atoms with van der Waals surface area (Å²) in [5.74, 6) is -0.848. The van der Waals surface area contributed by atoms with Gasteiger partial charge < -0.3 is 15.1 Å². The van der Waals surface area contributed by atoms with Crippen LogP contribution in [0, 0.1) is 12.8 Å². The summed E-state index contributed by atoms with van der Waals surface area (Å²) >= 11 is 0. The first kappa shape index (κ1) is 17.3. The molecule has 2 amide bonds. The van der Waals surface area contributed by atoms with Crippen LogP contribution in [-0.4, -0.2) is 17.6 Å². The average molecular weight is 364 g/mol. The van der Waals surface area contributed by atoms with Crippen molar-refractivity contribution in [3.8, 4) is 0 Å². The van der Waals surface area contributed by atoms with E-state index in [0.29, 0.717) is 23.4 Å². The second-order valence-corrected chi connectivity index (χ2v) is 7.10. The zero-order valence-electron chi connectivity index (χ0n) is 15.0. The molecule has 2 N–H and O–H groups in total. The van der Waals surface area contributed by atoms with Crippen molar-refractivity contribution in [2.24, 2.45) is 5.92 Å². The van der Waals surface area contributed by atoms with Crippen LogP contribution in [0.3, 0.4) is 0 Å².